The molecule has 6 amide bonds. The minimum atomic E-state index is -3.68. The predicted molar refractivity (Wildman–Crippen MR) is 256 cm³/mol. The number of amides is 6. The predicted octanol–water partition coefficient (Wildman–Crippen LogP) is 6.06. The molecule has 0 aliphatic carbocycles. The van der Waals surface area contributed by atoms with Crippen LogP contribution in [0.5, 0.6) is 17.2 Å². The Morgan fingerprint density at radius 1 is 0.942 bits per heavy atom. The summed E-state index contributed by atoms with van der Waals surface area (Å²) in [5, 5.41) is 6.99. The summed E-state index contributed by atoms with van der Waals surface area (Å²) in [5.41, 5.74) is 3.31. The lowest BCUT2D eigenvalue weighted by atomic mass is 10.0. The second-order valence-electron chi connectivity index (χ2n) is 17.8. The van der Waals surface area contributed by atoms with Gasteiger partial charge >= 0.3 is 0 Å². The standard InChI is InChI=1S/C50H57N5O12S2/c1-4-65-42-24-32(16-20-41(42)64-2)40(30-69(3,62)63)55-49(60)35-11-9-12-38(46(35)50(55)61)51-44(56)13-8-6-5-7-10-34-26-53(22-23-66-34)25-31-14-17-33(18-15-31)67-28-43-36-27-54(48(59)37(36)29-68-43)39-19-21-45(57)52-47(39)58/h9,11-12,14-18,20,24,29,34,39-40H,4-8,10,13,19,21-23,25-28,30H2,1-3H3,(H,51,56)(H,52,57,58)/t34?,39?,40-/m1/s1. The molecular weight excluding hydrogens is 927 g/mol. The molecule has 0 radical (unpaired) electrons. The number of nitrogens with zero attached hydrogens (tertiary/aromatic N) is 3. The first-order valence-corrected chi connectivity index (χ1v) is 26.2. The Morgan fingerprint density at radius 3 is 2.49 bits per heavy atom. The van der Waals surface area contributed by atoms with Gasteiger partial charge in [-0.15, -0.1) is 11.3 Å². The van der Waals surface area contributed by atoms with Gasteiger partial charge in [-0.25, -0.2) is 8.42 Å². The van der Waals surface area contributed by atoms with Gasteiger partial charge < -0.3 is 29.2 Å². The van der Waals surface area contributed by atoms with E-state index in [-0.39, 0.29) is 53.5 Å². The number of carbonyl (C=O) groups is 6. The molecule has 17 nitrogen and oxygen atoms in total. The Kier molecular flexibility index (Phi) is 15.5. The minimum absolute atomic E-state index is 0.0253. The van der Waals surface area contributed by atoms with E-state index in [1.54, 1.807) is 42.2 Å². The molecule has 0 saturated carbocycles. The topological polar surface area (TPSA) is 207 Å². The average Bonchev–Trinajstić information content (AvgIpc) is 3.96. The molecule has 3 aromatic carbocycles. The molecule has 0 spiro atoms. The summed E-state index contributed by atoms with van der Waals surface area (Å²) >= 11 is 1.47. The van der Waals surface area contributed by atoms with Crippen LogP contribution in [0.4, 0.5) is 5.69 Å². The molecule has 5 heterocycles. The van der Waals surface area contributed by atoms with Gasteiger partial charge in [0.2, 0.25) is 17.7 Å². The van der Waals surface area contributed by atoms with Crippen LogP contribution in [0.2, 0.25) is 0 Å². The molecule has 2 fully saturated rings. The number of hydrogen-bond acceptors (Lipinski definition) is 14. The van der Waals surface area contributed by atoms with Crippen LogP contribution in [-0.4, -0.2) is 116 Å². The highest BCUT2D eigenvalue weighted by molar-refractivity contribution is 7.90. The number of unbranched alkanes of at least 4 members (excludes halogenated alkanes) is 3. The molecule has 4 aliphatic rings. The smallest absolute Gasteiger partial charge is 0.264 e. The zero-order valence-corrected chi connectivity index (χ0v) is 40.6. The summed E-state index contributed by atoms with van der Waals surface area (Å²) in [7, 11) is -2.21. The molecule has 366 valence electrons. The molecule has 4 aromatic rings. The Balaban J connectivity index is 0.759. The third kappa shape index (κ3) is 11.5. The van der Waals surface area contributed by atoms with E-state index < -0.39 is 45.4 Å². The van der Waals surface area contributed by atoms with Crippen LogP contribution in [0.3, 0.4) is 0 Å². The van der Waals surface area contributed by atoms with Gasteiger partial charge in [-0.3, -0.25) is 43.9 Å². The number of carbonyl (C=O) groups excluding carboxylic acids is 6. The maximum atomic E-state index is 14.0. The molecule has 2 unspecified atom stereocenters. The van der Waals surface area contributed by atoms with Crippen molar-refractivity contribution in [2.45, 2.75) is 96.2 Å². The maximum Gasteiger partial charge on any atom is 0.264 e. The molecule has 69 heavy (non-hydrogen) atoms. The number of rotatable bonds is 21. The lowest BCUT2D eigenvalue weighted by Crippen LogP contribution is -2.52. The molecule has 2 N–H and O–H groups in total. The van der Waals surface area contributed by atoms with Gasteiger partial charge in [0.25, 0.3) is 17.7 Å². The van der Waals surface area contributed by atoms with E-state index in [1.807, 2.05) is 17.5 Å². The quantitative estimate of drug-likeness (QED) is 0.0721. The number of sulfone groups is 1. The number of anilines is 1. The Labute approximate surface area is 405 Å². The molecule has 2 saturated heterocycles. The first kappa shape index (κ1) is 49.3. The van der Waals surface area contributed by atoms with Crippen molar-refractivity contribution in [2.24, 2.45) is 0 Å². The van der Waals surface area contributed by atoms with Gasteiger partial charge in [-0.2, -0.15) is 0 Å². The number of piperidine rings is 1. The van der Waals surface area contributed by atoms with E-state index >= 15 is 0 Å². The highest BCUT2D eigenvalue weighted by Gasteiger charge is 2.44. The fraction of sp³-hybridized carbons (Fsp3) is 0.440. The normalized spacial score (nSPS) is 18.8. The van der Waals surface area contributed by atoms with E-state index in [2.05, 4.69) is 27.7 Å². The van der Waals surface area contributed by atoms with E-state index in [0.717, 1.165) is 72.5 Å². The van der Waals surface area contributed by atoms with Crippen LogP contribution in [0.15, 0.2) is 66.0 Å². The third-order valence-corrected chi connectivity index (χ3v) is 14.8. The lowest BCUT2D eigenvalue weighted by molar-refractivity contribution is -0.137. The van der Waals surface area contributed by atoms with Crippen LogP contribution >= 0.6 is 11.3 Å². The first-order chi connectivity index (χ1) is 33.2. The van der Waals surface area contributed by atoms with Gasteiger partial charge in [-0.1, -0.05) is 43.5 Å². The number of thiophene rings is 1. The second-order valence-corrected chi connectivity index (χ2v) is 20.9. The van der Waals surface area contributed by atoms with Gasteiger partial charge in [0.15, 0.2) is 11.5 Å². The van der Waals surface area contributed by atoms with Crippen LogP contribution in [0.1, 0.15) is 117 Å². The van der Waals surface area contributed by atoms with Crippen molar-refractivity contribution in [3.05, 3.63) is 104 Å². The Bertz CT molecular complexity index is 2720. The summed E-state index contributed by atoms with van der Waals surface area (Å²) in [4.78, 5) is 84.0. The van der Waals surface area contributed by atoms with E-state index in [4.69, 9.17) is 18.9 Å². The number of ether oxygens (including phenoxy) is 4. The minimum Gasteiger partial charge on any atom is -0.493 e. The monoisotopic (exact) mass is 983 g/mol. The van der Waals surface area contributed by atoms with Crippen LogP contribution in [-0.2, 0) is 48.7 Å². The van der Waals surface area contributed by atoms with Crippen molar-refractivity contribution >= 4 is 62.3 Å². The lowest BCUT2D eigenvalue weighted by Gasteiger charge is -2.33. The summed E-state index contributed by atoms with van der Waals surface area (Å²) in [6.45, 7) is 5.77. The molecule has 0 bridgehead atoms. The molecule has 1 aromatic heterocycles. The summed E-state index contributed by atoms with van der Waals surface area (Å²) in [5.74, 6) is -1.60. The Hall–Kier alpha value is -6.15. The highest BCUT2D eigenvalue weighted by Crippen LogP contribution is 2.39. The average molecular weight is 984 g/mol. The van der Waals surface area contributed by atoms with Crippen molar-refractivity contribution in [2.75, 3.05) is 50.7 Å². The fourth-order valence-corrected chi connectivity index (χ4v) is 11.3. The van der Waals surface area contributed by atoms with Gasteiger partial charge in [-0.05, 0) is 73.7 Å². The zero-order chi connectivity index (χ0) is 48.8. The van der Waals surface area contributed by atoms with Gasteiger partial charge in [0.05, 0.1) is 60.6 Å². The number of imide groups is 2. The van der Waals surface area contributed by atoms with Crippen molar-refractivity contribution in [3.63, 3.8) is 0 Å². The number of morpholine rings is 1. The van der Waals surface area contributed by atoms with Crippen molar-refractivity contribution in [1.29, 1.82) is 0 Å². The first-order valence-electron chi connectivity index (χ1n) is 23.3. The van der Waals surface area contributed by atoms with E-state index in [9.17, 15) is 37.2 Å². The number of benzene rings is 3. The largest absolute Gasteiger partial charge is 0.493 e. The van der Waals surface area contributed by atoms with Crippen LogP contribution in [0, 0.1) is 0 Å². The van der Waals surface area contributed by atoms with E-state index in [1.165, 1.54) is 24.5 Å². The van der Waals surface area contributed by atoms with Crippen LogP contribution < -0.4 is 24.8 Å². The fourth-order valence-electron chi connectivity index (χ4n) is 9.41. The van der Waals surface area contributed by atoms with Gasteiger partial charge in [0.1, 0.15) is 28.2 Å². The van der Waals surface area contributed by atoms with Crippen molar-refractivity contribution in [1.82, 2.24) is 20.0 Å². The van der Waals surface area contributed by atoms with E-state index in [0.29, 0.717) is 67.6 Å². The number of nitrogens with one attached hydrogen (secondary N) is 2. The molecule has 19 heteroatoms. The molecular formula is C50H57N5O12S2. The SMILES string of the molecule is CCOc1cc([C@@H](CS(C)(=O)=O)N2C(=O)c3cccc(NC(=O)CCCCCCC4CN(Cc5ccc(OCc6scc7c6CN(C6CCC(=O)NC6=O)C7=O)cc5)CCO4)c3C2=O)ccc1OC. The number of fused-ring (bicyclic) bond motifs is 2. The number of hydrogen-bond donors (Lipinski definition) is 2. The second kappa shape index (κ2) is 21.6. The molecule has 8 rings (SSSR count). The highest BCUT2D eigenvalue weighted by atomic mass is 32.2. The summed E-state index contributed by atoms with van der Waals surface area (Å²) in [6.07, 6.45) is 6.10. The van der Waals surface area contributed by atoms with Gasteiger partial charge in [0, 0.05) is 61.1 Å². The number of methoxy groups -OCH3 is 1. The summed E-state index contributed by atoms with van der Waals surface area (Å²) in [6, 6.07) is 15.6. The third-order valence-electron chi connectivity index (χ3n) is 12.9. The summed E-state index contributed by atoms with van der Waals surface area (Å²) < 4.78 is 48.6. The Morgan fingerprint density at radius 2 is 1.74 bits per heavy atom. The van der Waals surface area contributed by atoms with Crippen molar-refractivity contribution < 1.29 is 56.1 Å². The van der Waals surface area contributed by atoms with Crippen LogP contribution in [0.25, 0.3) is 0 Å². The molecule has 3 atom stereocenters. The zero-order valence-electron chi connectivity index (χ0n) is 39.0. The molecule has 4 aliphatic heterocycles. The maximum absolute atomic E-state index is 14.0. The van der Waals surface area contributed by atoms with Crippen molar-refractivity contribution in [3.8, 4) is 17.2 Å².